The highest BCUT2D eigenvalue weighted by atomic mass is 35.5. The van der Waals surface area contributed by atoms with Crippen LogP contribution in [0.3, 0.4) is 0 Å². The summed E-state index contributed by atoms with van der Waals surface area (Å²) in [6.45, 7) is 0. The van der Waals surface area contributed by atoms with Crippen LogP contribution in [-0.2, 0) is 6.18 Å². The third kappa shape index (κ3) is 6.83. The van der Waals surface area contributed by atoms with Gasteiger partial charge in [-0.25, -0.2) is 14.7 Å². The SMILES string of the molecule is NC(=S)N(/N=C/c1ccc(-c2ncn(-c3ccc(OC(F)(F)F)cc3)n2)cc1)c1c(Cl)cccc1C(F)(F)F. The van der Waals surface area contributed by atoms with E-state index < -0.39 is 28.9 Å². The maximum absolute atomic E-state index is 13.5. The highest BCUT2D eigenvalue weighted by molar-refractivity contribution is 7.80. The summed E-state index contributed by atoms with van der Waals surface area (Å²) >= 11 is 10.9. The number of benzene rings is 3. The molecule has 2 N–H and O–H groups in total. The van der Waals surface area contributed by atoms with Crippen molar-refractivity contribution in [2.75, 3.05) is 5.01 Å². The maximum Gasteiger partial charge on any atom is 0.573 e. The van der Waals surface area contributed by atoms with Gasteiger partial charge in [0.15, 0.2) is 10.9 Å². The van der Waals surface area contributed by atoms with Crippen LogP contribution >= 0.6 is 23.8 Å². The van der Waals surface area contributed by atoms with Crippen LogP contribution in [0.25, 0.3) is 17.1 Å². The fourth-order valence-corrected chi connectivity index (χ4v) is 3.74. The van der Waals surface area contributed by atoms with Gasteiger partial charge in [0.2, 0.25) is 0 Å². The molecule has 0 bridgehead atoms. The molecule has 0 aliphatic heterocycles. The number of hydrazone groups is 1. The number of para-hydroxylation sites is 1. The van der Waals surface area contributed by atoms with Crippen molar-refractivity contribution in [3.05, 3.63) is 89.2 Å². The summed E-state index contributed by atoms with van der Waals surface area (Å²) in [6.07, 6.45) is -6.89. The number of anilines is 1. The van der Waals surface area contributed by atoms with Crippen molar-refractivity contribution >= 4 is 40.8 Å². The Labute approximate surface area is 227 Å². The van der Waals surface area contributed by atoms with E-state index >= 15 is 0 Å². The number of alkyl halides is 6. The van der Waals surface area contributed by atoms with Gasteiger partial charge in [-0.15, -0.1) is 18.3 Å². The van der Waals surface area contributed by atoms with E-state index in [0.29, 0.717) is 22.6 Å². The van der Waals surface area contributed by atoms with Gasteiger partial charge < -0.3 is 10.5 Å². The second-order valence-corrected chi connectivity index (χ2v) is 8.53. The number of nitrogens with two attached hydrogens (primary N) is 1. The first-order valence-electron chi connectivity index (χ1n) is 10.7. The van der Waals surface area contributed by atoms with E-state index in [-0.39, 0.29) is 10.8 Å². The molecule has 0 saturated carbocycles. The summed E-state index contributed by atoms with van der Waals surface area (Å²) in [5.41, 5.74) is 5.60. The predicted molar refractivity (Wildman–Crippen MR) is 137 cm³/mol. The zero-order chi connectivity index (χ0) is 28.4. The molecule has 4 aromatic rings. The first-order chi connectivity index (χ1) is 18.3. The number of ether oxygens (including phenoxy) is 1. The molecule has 0 fully saturated rings. The Bertz CT molecular complexity index is 1500. The maximum atomic E-state index is 13.5. The number of nitrogens with zero attached hydrogens (tertiary/aromatic N) is 5. The van der Waals surface area contributed by atoms with Crippen LogP contribution in [0, 0.1) is 0 Å². The van der Waals surface area contributed by atoms with Gasteiger partial charge in [0.05, 0.1) is 28.2 Å². The summed E-state index contributed by atoms with van der Waals surface area (Å²) in [4.78, 5) is 4.20. The van der Waals surface area contributed by atoms with E-state index in [1.165, 1.54) is 35.4 Å². The molecule has 0 spiro atoms. The molecule has 0 atom stereocenters. The van der Waals surface area contributed by atoms with E-state index in [9.17, 15) is 26.3 Å². The van der Waals surface area contributed by atoms with Gasteiger partial charge in [-0.05, 0) is 54.2 Å². The van der Waals surface area contributed by atoms with Gasteiger partial charge in [-0.3, -0.25) is 0 Å². The van der Waals surface area contributed by atoms with Gasteiger partial charge in [-0.1, -0.05) is 41.9 Å². The molecule has 4 rings (SSSR count). The molecular weight excluding hydrogens is 570 g/mol. The van der Waals surface area contributed by atoms with E-state index in [0.717, 1.165) is 29.3 Å². The quantitative estimate of drug-likeness (QED) is 0.119. The number of aromatic nitrogens is 3. The van der Waals surface area contributed by atoms with E-state index in [1.54, 1.807) is 24.3 Å². The highest BCUT2D eigenvalue weighted by Crippen LogP contribution is 2.40. The lowest BCUT2D eigenvalue weighted by Crippen LogP contribution is -2.33. The van der Waals surface area contributed by atoms with Gasteiger partial charge >= 0.3 is 12.5 Å². The summed E-state index contributed by atoms with van der Waals surface area (Å²) < 4.78 is 82.8. The minimum Gasteiger partial charge on any atom is -0.406 e. The lowest BCUT2D eigenvalue weighted by Gasteiger charge is -2.22. The molecule has 15 heteroatoms. The molecule has 7 nitrogen and oxygen atoms in total. The Morgan fingerprint density at radius 2 is 1.67 bits per heavy atom. The smallest absolute Gasteiger partial charge is 0.406 e. The summed E-state index contributed by atoms with van der Waals surface area (Å²) in [5.74, 6) is -0.0632. The van der Waals surface area contributed by atoms with Crippen LogP contribution in [0.1, 0.15) is 11.1 Å². The molecule has 3 aromatic carbocycles. The van der Waals surface area contributed by atoms with Crippen LogP contribution < -0.4 is 15.5 Å². The lowest BCUT2D eigenvalue weighted by atomic mass is 10.1. The van der Waals surface area contributed by atoms with Crippen LogP contribution in [0.4, 0.5) is 32.0 Å². The monoisotopic (exact) mass is 584 g/mol. The van der Waals surface area contributed by atoms with Gasteiger partial charge in [0.1, 0.15) is 12.1 Å². The first-order valence-corrected chi connectivity index (χ1v) is 11.5. The zero-order valence-electron chi connectivity index (χ0n) is 19.3. The average molecular weight is 585 g/mol. The molecule has 202 valence electrons. The van der Waals surface area contributed by atoms with Crippen molar-refractivity contribution in [1.82, 2.24) is 14.8 Å². The van der Waals surface area contributed by atoms with Crippen molar-refractivity contribution in [3.8, 4) is 22.8 Å². The predicted octanol–water partition coefficient (Wildman–Crippen LogP) is 6.59. The Morgan fingerprint density at radius 1 is 1.00 bits per heavy atom. The Kier molecular flexibility index (Phi) is 7.79. The van der Waals surface area contributed by atoms with Gasteiger partial charge in [0.25, 0.3) is 0 Å². The van der Waals surface area contributed by atoms with Crippen LogP contribution in [0.5, 0.6) is 5.75 Å². The molecule has 0 amide bonds. The minimum absolute atomic E-state index is 0.241. The van der Waals surface area contributed by atoms with E-state index in [2.05, 4.69) is 19.9 Å². The summed E-state index contributed by atoms with van der Waals surface area (Å²) in [6, 6.07) is 14.8. The molecule has 1 aromatic heterocycles. The number of thiocarbonyl (C=S) groups is 1. The number of hydrogen-bond donors (Lipinski definition) is 1. The minimum atomic E-state index is -4.80. The molecule has 0 unspecified atom stereocenters. The highest BCUT2D eigenvalue weighted by Gasteiger charge is 2.36. The molecule has 39 heavy (non-hydrogen) atoms. The second-order valence-electron chi connectivity index (χ2n) is 7.70. The Morgan fingerprint density at radius 3 is 2.26 bits per heavy atom. The zero-order valence-corrected chi connectivity index (χ0v) is 20.9. The number of rotatable bonds is 6. The first kappa shape index (κ1) is 27.9. The average Bonchev–Trinajstić information content (AvgIpc) is 3.34. The van der Waals surface area contributed by atoms with Crippen LogP contribution in [-0.4, -0.2) is 32.5 Å². The number of hydrogen-bond acceptors (Lipinski definition) is 5. The van der Waals surface area contributed by atoms with Crippen molar-refractivity contribution in [1.29, 1.82) is 0 Å². The molecule has 0 radical (unpaired) electrons. The topological polar surface area (TPSA) is 81.6 Å². The van der Waals surface area contributed by atoms with Crippen molar-refractivity contribution in [2.45, 2.75) is 12.5 Å². The molecule has 0 aliphatic carbocycles. The normalized spacial score (nSPS) is 12.1. The van der Waals surface area contributed by atoms with E-state index in [1.807, 2.05) is 0 Å². The van der Waals surface area contributed by atoms with Crippen molar-refractivity contribution < 1.29 is 31.1 Å². The van der Waals surface area contributed by atoms with Gasteiger partial charge in [0, 0.05) is 5.56 Å². The van der Waals surface area contributed by atoms with Gasteiger partial charge in [-0.2, -0.15) is 18.3 Å². The third-order valence-corrected chi connectivity index (χ3v) is 5.51. The summed E-state index contributed by atoms with van der Waals surface area (Å²) in [5, 5.41) is 8.36. The second kappa shape index (κ2) is 10.9. The van der Waals surface area contributed by atoms with Crippen molar-refractivity contribution in [3.63, 3.8) is 0 Å². The molecule has 1 heterocycles. The fraction of sp³-hybridized carbons (Fsp3) is 0.0833. The third-order valence-electron chi connectivity index (χ3n) is 5.03. The lowest BCUT2D eigenvalue weighted by molar-refractivity contribution is -0.274. The van der Waals surface area contributed by atoms with Crippen LogP contribution in [0.15, 0.2) is 78.2 Å². The van der Waals surface area contributed by atoms with Crippen molar-refractivity contribution in [2.24, 2.45) is 10.8 Å². The Hall–Kier alpha value is -4.17. The van der Waals surface area contributed by atoms with Crippen LogP contribution in [0.2, 0.25) is 5.02 Å². The largest absolute Gasteiger partial charge is 0.573 e. The molecular formula is C24H15ClF6N6OS. The number of halogens is 7. The standard InChI is InChI=1S/C24H15ClF6N6OS/c25-19-3-1-2-18(23(26,27)28)20(19)37(22(32)39)34-12-14-4-6-15(7-5-14)21-33-13-36(35-21)16-8-10-17(11-9-16)38-24(29,30)31/h1-13H,(H2,32,39)/b34-12+. The Balaban J connectivity index is 1.52. The fourth-order valence-electron chi connectivity index (χ4n) is 3.35. The molecule has 0 aliphatic rings. The summed E-state index contributed by atoms with van der Waals surface area (Å²) in [7, 11) is 0. The van der Waals surface area contributed by atoms with E-state index in [4.69, 9.17) is 29.6 Å². The molecule has 0 saturated heterocycles.